The standard InChI is InChI=1S/C12H16FNO3S/c1-3-11(18(16,17)4-2)12(14-15)9-6-5-7-10(13)8-9/h5-8,11,15H,3-4H2,1-2H3/b14-12-/t11-/m1/s1. The van der Waals surface area contributed by atoms with Crippen LogP contribution in [0.15, 0.2) is 29.4 Å². The summed E-state index contributed by atoms with van der Waals surface area (Å²) in [6.45, 7) is 3.21. The lowest BCUT2D eigenvalue weighted by Gasteiger charge is -2.16. The van der Waals surface area contributed by atoms with E-state index in [0.29, 0.717) is 0 Å². The van der Waals surface area contributed by atoms with Gasteiger partial charge in [-0.25, -0.2) is 12.8 Å². The quantitative estimate of drug-likeness (QED) is 0.508. The van der Waals surface area contributed by atoms with Crippen LogP contribution in [0.4, 0.5) is 4.39 Å². The van der Waals surface area contributed by atoms with Gasteiger partial charge in [0.15, 0.2) is 9.84 Å². The van der Waals surface area contributed by atoms with Crippen molar-refractivity contribution in [2.75, 3.05) is 5.75 Å². The Morgan fingerprint density at radius 1 is 1.44 bits per heavy atom. The summed E-state index contributed by atoms with van der Waals surface area (Å²) in [5.41, 5.74) is 0.264. The molecule has 0 aliphatic heterocycles. The highest BCUT2D eigenvalue weighted by atomic mass is 32.2. The Hall–Kier alpha value is -1.43. The largest absolute Gasteiger partial charge is 0.411 e. The Labute approximate surface area is 106 Å². The first-order valence-electron chi connectivity index (χ1n) is 5.65. The van der Waals surface area contributed by atoms with Crippen LogP contribution in [0.25, 0.3) is 0 Å². The summed E-state index contributed by atoms with van der Waals surface area (Å²) >= 11 is 0. The molecule has 6 heteroatoms. The summed E-state index contributed by atoms with van der Waals surface area (Å²) in [6, 6.07) is 5.36. The normalized spacial score (nSPS) is 14.5. The molecule has 0 heterocycles. The third-order valence-electron chi connectivity index (χ3n) is 2.74. The molecular weight excluding hydrogens is 257 g/mol. The molecule has 1 aromatic rings. The summed E-state index contributed by atoms with van der Waals surface area (Å²) in [5.74, 6) is -0.558. The van der Waals surface area contributed by atoms with Gasteiger partial charge in [0.2, 0.25) is 0 Å². The number of hydrogen-bond donors (Lipinski definition) is 1. The topological polar surface area (TPSA) is 66.7 Å². The molecule has 0 bridgehead atoms. The zero-order valence-corrected chi connectivity index (χ0v) is 11.1. The minimum absolute atomic E-state index is 0.0150. The smallest absolute Gasteiger partial charge is 0.158 e. The minimum Gasteiger partial charge on any atom is -0.411 e. The fourth-order valence-corrected chi connectivity index (χ4v) is 3.21. The monoisotopic (exact) mass is 273 g/mol. The maximum Gasteiger partial charge on any atom is 0.158 e. The Bertz CT molecular complexity index is 540. The Morgan fingerprint density at radius 2 is 2.11 bits per heavy atom. The number of hydrogen-bond acceptors (Lipinski definition) is 4. The number of rotatable bonds is 5. The van der Waals surface area contributed by atoms with Gasteiger partial charge in [0.1, 0.15) is 16.8 Å². The van der Waals surface area contributed by atoms with Crippen molar-refractivity contribution in [2.45, 2.75) is 25.5 Å². The van der Waals surface area contributed by atoms with E-state index >= 15 is 0 Å². The molecule has 0 amide bonds. The predicted octanol–water partition coefficient (Wildman–Crippen LogP) is 2.22. The third-order valence-corrected chi connectivity index (χ3v) is 4.97. The van der Waals surface area contributed by atoms with Crippen molar-refractivity contribution >= 4 is 15.5 Å². The molecule has 0 aliphatic rings. The first-order valence-corrected chi connectivity index (χ1v) is 7.37. The molecule has 0 aliphatic carbocycles. The minimum atomic E-state index is -3.40. The van der Waals surface area contributed by atoms with Crippen LogP contribution in [-0.2, 0) is 9.84 Å². The number of halogens is 1. The van der Waals surface area contributed by atoms with E-state index in [4.69, 9.17) is 5.21 Å². The van der Waals surface area contributed by atoms with Crippen LogP contribution >= 0.6 is 0 Å². The van der Waals surface area contributed by atoms with Gasteiger partial charge in [-0.1, -0.05) is 31.1 Å². The van der Waals surface area contributed by atoms with Gasteiger partial charge in [-0.15, -0.1) is 0 Å². The Balaban J connectivity index is 3.26. The van der Waals surface area contributed by atoms with E-state index in [9.17, 15) is 12.8 Å². The van der Waals surface area contributed by atoms with Crippen molar-refractivity contribution in [3.05, 3.63) is 35.6 Å². The predicted molar refractivity (Wildman–Crippen MR) is 68.3 cm³/mol. The van der Waals surface area contributed by atoms with Crippen molar-refractivity contribution in [3.8, 4) is 0 Å². The van der Waals surface area contributed by atoms with Crippen LogP contribution in [0, 0.1) is 5.82 Å². The first-order chi connectivity index (χ1) is 8.46. The molecule has 1 aromatic carbocycles. The van der Waals surface area contributed by atoms with Gasteiger partial charge in [0.05, 0.1) is 0 Å². The average molecular weight is 273 g/mol. The molecule has 0 saturated heterocycles. The van der Waals surface area contributed by atoms with Crippen LogP contribution in [0.3, 0.4) is 0 Å². The van der Waals surface area contributed by atoms with Crippen LogP contribution < -0.4 is 0 Å². The first kappa shape index (κ1) is 14.6. The molecule has 100 valence electrons. The molecule has 1 atom stereocenters. The van der Waals surface area contributed by atoms with Crippen molar-refractivity contribution in [1.29, 1.82) is 0 Å². The third kappa shape index (κ3) is 3.07. The molecule has 18 heavy (non-hydrogen) atoms. The van der Waals surface area contributed by atoms with Crippen molar-refractivity contribution in [3.63, 3.8) is 0 Å². The maximum atomic E-state index is 13.1. The van der Waals surface area contributed by atoms with Gasteiger partial charge < -0.3 is 5.21 Å². The lowest BCUT2D eigenvalue weighted by atomic mass is 10.1. The summed E-state index contributed by atoms with van der Waals surface area (Å²) in [5, 5.41) is 11.2. The van der Waals surface area contributed by atoms with Gasteiger partial charge in [-0.3, -0.25) is 0 Å². The molecule has 0 aromatic heterocycles. The highest BCUT2D eigenvalue weighted by Gasteiger charge is 2.29. The number of sulfone groups is 1. The second-order valence-electron chi connectivity index (χ2n) is 3.84. The van der Waals surface area contributed by atoms with Gasteiger partial charge in [0.25, 0.3) is 0 Å². The van der Waals surface area contributed by atoms with E-state index < -0.39 is 20.9 Å². The Kier molecular flexibility index (Phi) is 4.84. The van der Waals surface area contributed by atoms with Gasteiger partial charge in [-0.05, 0) is 18.6 Å². The summed E-state index contributed by atoms with van der Waals surface area (Å²) in [7, 11) is -3.40. The van der Waals surface area contributed by atoms with Gasteiger partial charge in [-0.2, -0.15) is 0 Å². The van der Waals surface area contributed by atoms with Crippen LogP contribution in [-0.4, -0.2) is 30.3 Å². The molecule has 0 unspecified atom stereocenters. The number of nitrogens with zero attached hydrogens (tertiary/aromatic N) is 1. The molecule has 0 radical (unpaired) electrons. The lowest BCUT2D eigenvalue weighted by molar-refractivity contribution is 0.318. The highest BCUT2D eigenvalue weighted by molar-refractivity contribution is 7.92. The summed E-state index contributed by atoms with van der Waals surface area (Å²) in [6.07, 6.45) is 0.270. The summed E-state index contributed by atoms with van der Waals surface area (Å²) < 4.78 is 36.9. The average Bonchev–Trinajstić information content (AvgIpc) is 2.35. The van der Waals surface area contributed by atoms with Gasteiger partial charge >= 0.3 is 0 Å². The number of oxime groups is 1. The van der Waals surface area contributed by atoms with Crippen LogP contribution in [0.5, 0.6) is 0 Å². The molecule has 0 spiro atoms. The molecule has 4 nitrogen and oxygen atoms in total. The lowest BCUT2D eigenvalue weighted by Crippen LogP contribution is -2.32. The van der Waals surface area contributed by atoms with E-state index in [2.05, 4.69) is 5.16 Å². The number of benzene rings is 1. The zero-order chi connectivity index (χ0) is 13.8. The molecule has 1 rings (SSSR count). The van der Waals surface area contributed by atoms with Gasteiger partial charge in [0, 0.05) is 11.3 Å². The summed E-state index contributed by atoms with van der Waals surface area (Å²) in [4.78, 5) is 0. The van der Waals surface area contributed by atoms with E-state index in [1.807, 2.05) is 0 Å². The van der Waals surface area contributed by atoms with E-state index in [1.165, 1.54) is 25.1 Å². The fourth-order valence-electron chi connectivity index (χ4n) is 1.77. The second kappa shape index (κ2) is 5.95. The van der Waals surface area contributed by atoms with E-state index in [-0.39, 0.29) is 23.4 Å². The fraction of sp³-hybridized carbons (Fsp3) is 0.417. The molecule has 0 fully saturated rings. The van der Waals surface area contributed by atoms with Crippen molar-refractivity contribution < 1.29 is 18.0 Å². The van der Waals surface area contributed by atoms with Crippen molar-refractivity contribution in [2.24, 2.45) is 5.16 Å². The maximum absolute atomic E-state index is 13.1. The Morgan fingerprint density at radius 3 is 2.56 bits per heavy atom. The van der Waals surface area contributed by atoms with Crippen LogP contribution in [0.1, 0.15) is 25.8 Å². The second-order valence-corrected chi connectivity index (χ2v) is 6.32. The van der Waals surface area contributed by atoms with Crippen molar-refractivity contribution in [1.82, 2.24) is 0 Å². The molecule has 1 N–H and O–H groups in total. The van der Waals surface area contributed by atoms with E-state index in [1.54, 1.807) is 6.92 Å². The van der Waals surface area contributed by atoms with Crippen LogP contribution in [0.2, 0.25) is 0 Å². The molecule has 0 saturated carbocycles. The van der Waals surface area contributed by atoms with E-state index in [0.717, 1.165) is 6.07 Å². The SMILES string of the molecule is CC[C@H](/C(=N\O)c1cccc(F)c1)S(=O)(=O)CC. The molecular formula is C12H16FNO3S. The highest BCUT2D eigenvalue weighted by Crippen LogP contribution is 2.16. The zero-order valence-electron chi connectivity index (χ0n) is 10.3.